The first-order valence-corrected chi connectivity index (χ1v) is 7.45. The third-order valence-electron chi connectivity index (χ3n) is 3.81. The summed E-state index contributed by atoms with van der Waals surface area (Å²) in [7, 11) is 1.74. The van der Waals surface area contributed by atoms with E-state index in [9.17, 15) is 0 Å². The van der Waals surface area contributed by atoms with E-state index in [-0.39, 0.29) is 0 Å². The van der Waals surface area contributed by atoms with E-state index in [0.29, 0.717) is 6.04 Å². The minimum Gasteiger partial charge on any atom is -0.496 e. The standard InChI is InChI=1S/C16H26N2O2/c1-4-17-13(2)14-5-6-16(19-3)15(11-14)12-18-7-9-20-10-8-18/h5-6,11,13,17H,4,7-10,12H2,1-3H3. The number of nitrogens with zero attached hydrogens (tertiary/aromatic N) is 1. The van der Waals surface area contributed by atoms with Crippen molar-refractivity contribution in [2.75, 3.05) is 40.0 Å². The summed E-state index contributed by atoms with van der Waals surface area (Å²) in [5.41, 5.74) is 2.58. The van der Waals surface area contributed by atoms with Gasteiger partial charge in [-0.3, -0.25) is 4.90 Å². The number of hydrogen-bond donors (Lipinski definition) is 1. The van der Waals surface area contributed by atoms with Crippen molar-refractivity contribution in [3.63, 3.8) is 0 Å². The molecule has 0 saturated carbocycles. The molecule has 1 N–H and O–H groups in total. The van der Waals surface area contributed by atoms with Crippen LogP contribution in [-0.4, -0.2) is 44.9 Å². The number of morpholine rings is 1. The first-order valence-electron chi connectivity index (χ1n) is 7.45. The Hall–Kier alpha value is -1.10. The summed E-state index contributed by atoms with van der Waals surface area (Å²) >= 11 is 0. The van der Waals surface area contributed by atoms with Crippen LogP contribution in [0.5, 0.6) is 5.75 Å². The van der Waals surface area contributed by atoms with E-state index >= 15 is 0 Å². The van der Waals surface area contributed by atoms with E-state index in [1.54, 1.807) is 7.11 Å². The molecule has 0 bridgehead atoms. The third kappa shape index (κ3) is 3.95. The number of hydrogen-bond acceptors (Lipinski definition) is 4. The highest BCUT2D eigenvalue weighted by Crippen LogP contribution is 2.25. The van der Waals surface area contributed by atoms with Gasteiger partial charge in [-0.25, -0.2) is 0 Å². The molecule has 4 heteroatoms. The van der Waals surface area contributed by atoms with Crippen LogP contribution in [-0.2, 0) is 11.3 Å². The zero-order valence-electron chi connectivity index (χ0n) is 12.8. The van der Waals surface area contributed by atoms with Crippen LogP contribution in [0.25, 0.3) is 0 Å². The highest BCUT2D eigenvalue weighted by molar-refractivity contribution is 5.38. The minimum atomic E-state index is 0.370. The molecule has 1 aliphatic heterocycles. The van der Waals surface area contributed by atoms with E-state index in [2.05, 4.69) is 42.3 Å². The Morgan fingerprint density at radius 1 is 1.35 bits per heavy atom. The Bertz CT molecular complexity index is 417. The van der Waals surface area contributed by atoms with Crippen LogP contribution in [0.1, 0.15) is 31.0 Å². The molecule has 4 nitrogen and oxygen atoms in total. The van der Waals surface area contributed by atoms with Gasteiger partial charge in [0, 0.05) is 31.2 Å². The Labute approximate surface area is 122 Å². The van der Waals surface area contributed by atoms with Crippen molar-refractivity contribution in [1.29, 1.82) is 0 Å². The maximum absolute atomic E-state index is 5.50. The van der Waals surface area contributed by atoms with Gasteiger partial charge in [-0.15, -0.1) is 0 Å². The highest BCUT2D eigenvalue weighted by atomic mass is 16.5. The molecule has 1 heterocycles. The molecule has 2 rings (SSSR count). The molecule has 0 aliphatic carbocycles. The van der Waals surface area contributed by atoms with Crippen LogP contribution in [0, 0.1) is 0 Å². The van der Waals surface area contributed by atoms with Gasteiger partial charge in [-0.1, -0.05) is 13.0 Å². The molecule has 0 radical (unpaired) electrons. The molecule has 1 saturated heterocycles. The minimum absolute atomic E-state index is 0.370. The lowest BCUT2D eigenvalue weighted by Gasteiger charge is -2.27. The Morgan fingerprint density at radius 2 is 2.10 bits per heavy atom. The quantitative estimate of drug-likeness (QED) is 0.865. The second-order valence-electron chi connectivity index (χ2n) is 5.24. The molecule has 0 aromatic heterocycles. The molecule has 1 unspecified atom stereocenters. The molecule has 1 aliphatic rings. The number of ether oxygens (including phenoxy) is 2. The fourth-order valence-corrected chi connectivity index (χ4v) is 2.62. The summed E-state index contributed by atoms with van der Waals surface area (Å²) in [6, 6.07) is 6.87. The van der Waals surface area contributed by atoms with E-state index in [4.69, 9.17) is 9.47 Å². The van der Waals surface area contributed by atoms with Gasteiger partial charge in [0.25, 0.3) is 0 Å². The molecule has 112 valence electrons. The SMILES string of the molecule is CCNC(C)c1ccc(OC)c(CN2CCOCC2)c1. The monoisotopic (exact) mass is 278 g/mol. The summed E-state index contributed by atoms with van der Waals surface area (Å²) in [6.07, 6.45) is 0. The number of methoxy groups -OCH3 is 1. The molecule has 1 fully saturated rings. The van der Waals surface area contributed by atoms with E-state index in [1.165, 1.54) is 11.1 Å². The van der Waals surface area contributed by atoms with Crippen LogP contribution in [0.2, 0.25) is 0 Å². The van der Waals surface area contributed by atoms with E-state index < -0.39 is 0 Å². The first-order chi connectivity index (χ1) is 9.74. The molecule has 1 aromatic rings. The zero-order valence-corrected chi connectivity index (χ0v) is 12.8. The fourth-order valence-electron chi connectivity index (χ4n) is 2.62. The topological polar surface area (TPSA) is 33.7 Å². The first kappa shape index (κ1) is 15.3. The molecular formula is C16H26N2O2. The van der Waals surface area contributed by atoms with Gasteiger partial charge in [-0.05, 0) is 31.2 Å². The van der Waals surface area contributed by atoms with Gasteiger partial charge in [0.05, 0.1) is 20.3 Å². The summed E-state index contributed by atoms with van der Waals surface area (Å²) in [5.74, 6) is 0.976. The zero-order chi connectivity index (χ0) is 14.4. The van der Waals surface area contributed by atoms with E-state index in [0.717, 1.165) is 45.1 Å². The normalized spacial score (nSPS) is 17.9. The van der Waals surface area contributed by atoms with Crippen molar-refractivity contribution < 1.29 is 9.47 Å². The smallest absolute Gasteiger partial charge is 0.123 e. The number of benzene rings is 1. The Kier molecular flexibility index (Phi) is 5.83. The lowest BCUT2D eigenvalue weighted by molar-refractivity contribution is 0.0338. The highest BCUT2D eigenvalue weighted by Gasteiger charge is 2.15. The van der Waals surface area contributed by atoms with Gasteiger partial charge >= 0.3 is 0 Å². The second kappa shape index (κ2) is 7.62. The second-order valence-corrected chi connectivity index (χ2v) is 5.24. The van der Waals surface area contributed by atoms with Gasteiger partial charge < -0.3 is 14.8 Å². The van der Waals surface area contributed by atoms with Crippen LogP contribution >= 0.6 is 0 Å². The fraction of sp³-hybridized carbons (Fsp3) is 0.625. The average molecular weight is 278 g/mol. The third-order valence-corrected chi connectivity index (χ3v) is 3.81. The molecule has 20 heavy (non-hydrogen) atoms. The summed E-state index contributed by atoms with van der Waals surface area (Å²) in [5, 5.41) is 3.46. The van der Waals surface area contributed by atoms with Crippen LogP contribution in [0.4, 0.5) is 0 Å². The van der Waals surface area contributed by atoms with Crippen LogP contribution < -0.4 is 10.1 Å². The Morgan fingerprint density at radius 3 is 2.75 bits per heavy atom. The molecular weight excluding hydrogens is 252 g/mol. The molecule has 0 amide bonds. The van der Waals surface area contributed by atoms with Crippen molar-refractivity contribution in [2.45, 2.75) is 26.4 Å². The van der Waals surface area contributed by atoms with Crippen LogP contribution in [0.3, 0.4) is 0 Å². The number of nitrogens with one attached hydrogen (secondary N) is 1. The lowest BCUT2D eigenvalue weighted by atomic mass is 10.0. The lowest BCUT2D eigenvalue weighted by Crippen LogP contribution is -2.35. The van der Waals surface area contributed by atoms with Gasteiger partial charge in [0.15, 0.2) is 0 Å². The predicted molar refractivity (Wildman–Crippen MR) is 81.2 cm³/mol. The number of rotatable bonds is 6. The molecule has 0 spiro atoms. The van der Waals surface area contributed by atoms with Crippen molar-refractivity contribution in [2.24, 2.45) is 0 Å². The van der Waals surface area contributed by atoms with Crippen molar-refractivity contribution in [3.05, 3.63) is 29.3 Å². The predicted octanol–water partition coefficient (Wildman–Crippen LogP) is 2.20. The van der Waals surface area contributed by atoms with Crippen molar-refractivity contribution >= 4 is 0 Å². The summed E-state index contributed by atoms with van der Waals surface area (Å²) < 4.78 is 10.9. The van der Waals surface area contributed by atoms with E-state index in [1.807, 2.05) is 0 Å². The largest absolute Gasteiger partial charge is 0.496 e. The van der Waals surface area contributed by atoms with Crippen LogP contribution in [0.15, 0.2) is 18.2 Å². The van der Waals surface area contributed by atoms with Gasteiger partial charge in [0.1, 0.15) is 5.75 Å². The maximum Gasteiger partial charge on any atom is 0.123 e. The molecule has 1 atom stereocenters. The van der Waals surface area contributed by atoms with Gasteiger partial charge in [-0.2, -0.15) is 0 Å². The summed E-state index contributed by atoms with van der Waals surface area (Å²) in [4.78, 5) is 2.42. The van der Waals surface area contributed by atoms with Gasteiger partial charge in [0.2, 0.25) is 0 Å². The van der Waals surface area contributed by atoms with Crippen molar-refractivity contribution in [3.8, 4) is 5.75 Å². The maximum atomic E-state index is 5.50. The average Bonchev–Trinajstić information content (AvgIpc) is 2.48. The van der Waals surface area contributed by atoms with Crippen molar-refractivity contribution in [1.82, 2.24) is 10.2 Å². The summed E-state index contributed by atoms with van der Waals surface area (Å²) in [6.45, 7) is 9.89. The molecule has 1 aromatic carbocycles. The Balaban J connectivity index is 2.13.